The van der Waals surface area contributed by atoms with Gasteiger partial charge in [0.05, 0.1) is 17.3 Å². The molecule has 0 aromatic carbocycles. The summed E-state index contributed by atoms with van der Waals surface area (Å²) in [4.78, 5) is 27.3. The molecule has 5 rings (SSSR count). The molecule has 0 aliphatic carbocycles. The van der Waals surface area contributed by atoms with Crippen LogP contribution in [-0.4, -0.2) is 61.5 Å². The number of nitrogens with one attached hydrogen (secondary N) is 1. The highest BCUT2D eigenvalue weighted by atomic mass is 16.5. The van der Waals surface area contributed by atoms with Crippen molar-refractivity contribution >= 4 is 34.4 Å². The molecule has 188 valence electrons. The summed E-state index contributed by atoms with van der Waals surface area (Å²) < 4.78 is 9.21. The van der Waals surface area contributed by atoms with Gasteiger partial charge in [-0.05, 0) is 38.8 Å². The van der Waals surface area contributed by atoms with Gasteiger partial charge in [0.1, 0.15) is 18.2 Å². The van der Waals surface area contributed by atoms with Gasteiger partial charge in [-0.15, -0.1) is 0 Å². The zero-order valence-corrected chi connectivity index (χ0v) is 20.8. The fourth-order valence-corrected chi connectivity index (χ4v) is 4.59. The van der Waals surface area contributed by atoms with Crippen LogP contribution < -0.4 is 16.0 Å². The van der Waals surface area contributed by atoms with Crippen LogP contribution in [0.1, 0.15) is 32.7 Å². The molecular weight excluding hydrogens is 458 g/mol. The summed E-state index contributed by atoms with van der Waals surface area (Å²) >= 11 is 0. The fourth-order valence-electron chi connectivity index (χ4n) is 4.59. The second-order valence-electron chi connectivity index (χ2n) is 9.28. The topological polar surface area (TPSA) is 129 Å². The molecule has 4 aromatic rings. The highest BCUT2D eigenvalue weighted by molar-refractivity contribution is 5.96. The number of piperidine rings is 1. The number of carbonyl (C=O) groups is 1. The van der Waals surface area contributed by atoms with Gasteiger partial charge in [0, 0.05) is 68.0 Å². The predicted octanol–water partition coefficient (Wildman–Crippen LogP) is 3.11. The lowest BCUT2D eigenvalue weighted by molar-refractivity contribution is -0.118. The molecule has 0 radical (unpaired) electrons. The summed E-state index contributed by atoms with van der Waals surface area (Å²) in [7, 11) is 1.76. The van der Waals surface area contributed by atoms with E-state index in [1.54, 1.807) is 24.2 Å². The summed E-state index contributed by atoms with van der Waals surface area (Å²) in [5, 5.41) is 8.84. The minimum absolute atomic E-state index is 0.0421. The lowest BCUT2D eigenvalue weighted by atomic mass is 10.1. The third kappa shape index (κ3) is 4.87. The Morgan fingerprint density at radius 3 is 2.75 bits per heavy atom. The smallest absolute Gasteiger partial charge is 0.239 e. The number of primary amides is 1. The number of pyridine rings is 1. The van der Waals surface area contributed by atoms with Crippen molar-refractivity contribution in [1.29, 1.82) is 0 Å². The second-order valence-corrected chi connectivity index (χ2v) is 9.28. The van der Waals surface area contributed by atoms with E-state index in [9.17, 15) is 4.79 Å². The van der Waals surface area contributed by atoms with E-state index in [1.165, 1.54) is 0 Å². The Balaban J connectivity index is 1.41. The van der Waals surface area contributed by atoms with Crippen molar-refractivity contribution in [3.8, 4) is 11.3 Å². The van der Waals surface area contributed by atoms with Crippen LogP contribution in [0.2, 0.25) is 0 Å². The summed E-state index contributed by atoms with van der Waals surface area (Å²) in [6.45, 7) is 6.04. The van der Waals surface area contributed by atoms with Crippen LogP contribution in [0.3, 0.4) is 0 Å². The van der Waals surface area contributed by atoms with E-state index >= 15 is 0 Å². The molecule has 1 amide bonds. The van der Waals surface area contributed by atoms with Crippen molar-refractivity contribution in [3.63, 3.8) is 0 Å². The van der Waals surface area contributed by atoms with Crippen LogP contribution >= 0.6 is 0 Å². The summed E-state index contributed by atoms with van der Waals surface area (Å²) in [5.41, 5.74) is 8.05. The molecule has 1 saturated heterocycles. The fraction of sp³-hybridized carbons (Fsp3) is 0.400. The van der Waals surface area contributed by atoms with Gasteiger partial charge in [-0.25, -0.2) is 9.97 Å². The minimum atomic E-state index is -0.432. The Hall–Kier alpha value is -3.99. The average molecular weight is 490 g/mol. The highest BCUT2D eigenvalue weighted by Gasteiger charge is 2.21. The van der Waals surface area contributed by atoms with Crippen LogP contribution in [0.25, 0.3) is 22.2 Å². The molecule has 36 heavy (non-hydrogen) atoms. The molecule has 0 unspecified atom stereocenters. The Kier molecular flexibility index (Phi) is 6.55. The predicted molar refractivity (Wildman–Crippen MR) is 138 cm³/mol. The van der Waals surface area contributed by atoms with E-state index in [0.29, 0.717) is 23.7 Å². The van der Waals surface area contributed by atoms with Crippen molar-refractivity contribution in [3.05, 3.63) is 43.0 Å². The first-order chi connectivity index (χ1) is 17.4. The first kappa shape index (κ1) is 23.7. The molecular formula is C25H31N9O2. The first-order valence-electron chi connectivity index (χ1n) is 12.1. The third-order valence-electron chi connectivity index (χ3n) is 6.47. The Morgan fingerprint density at radius 1 is 1.22 bits per heavy atom. The van der Waals surface area contributed by atoms with E-state index in [0.717, 1.165) is 48.1 Å². The van der Waals surface area contributed by atoms with E-state index in [2.05, 4.69) is 49.9 Å². The van der Waals surface area contributed by atoms with Crippen LogP contribution in [0.4, 0.5) is 17.6 Å². The van der Waals surface area contributed by atoms with Crippen molar-refractivity contribution in [2.45, 2.75) is 45.4 Å². The lowest BCUT2D eigenvalue weighted by Gasteiger charge is -2.31. The van der Waals surface area contributed by atoms with Crippen molar-refractivity contribution in [2.24, 2.45) is 5.73 Å². The van der Waals surface area contributed by atoms with Crippen molar-refractivity contribution < 1.29 is 9.53 Å². The van der Waals surface area contributed by atoms with Crippen LogP contribution in [0.5, 0.6) is 0 Å². The van der Waals surface area contributed by atoms with Gasteiger partial charge in [0.25, 0.3) is 0 Å². The van der Waals surface area contributed by atoms with E-state index in [4.69, 9.17) is 15.5 Å². The molecule has 0 spiro atoms. The first-order valence-corrected chi connectivity index (χ1v) is 12.1. The maximum absolute atomic E-state index is 11.3. The summed E-state index contributed by atoms with van der Waals surface area (Å²) in [6.07, 6.45) is 9.67. The zero-order valence-electron chi connectivity index (χ0n) is 20.8. The molecule has 11 heteroatoms. The number of rotatable bonds is 8. The SMILES string of the molecule is COC1CCN(c2nccc(Nc3cc4c(cn3)c(-c3ccn(CC(N)=O)n3)cn4C(C)C)n2)CC1. The number of carbonyl (C=O) groups excluding carboxylic acids is 1. The van der Waals surface area contributed by atoms with Gasteiger partial charge in [-0.3, -0.25) is 9.48 Å². The van der Waals surface area contributed by atoms with E-state index in [1.807, 2.05) is 24.4 Å². The number of ether oxygens (including phenoxy) is 1. The number of hydrogen-bond acceptors (Lipinski definition) is 8. The van der Waals surface area contributed by atoms with Crippen molar-refractivity contribution in [2.75, 3.05) is 30.4 Å². The van der Waals surface area contributed by atoms with Gasteiger partial charge >= 0.3 is 0 Å². The normalized spacial score (nSPS) is 14.6. The quantitative estimate of drug-likeness (QED) is 0.386. The van der Waals surface area contributed by atoms with Gasteiger partial charge in [-0.1, -0.05) is 0 Å². The number of nitrogens with zero attached hydrogens (tertiary/aromatic N) is 7. The Labute approximate surface area is 209 Å². The Morgan fingerprint density at radius 2 is 2.03 bits per heavy atom. The number of aromatic nitrogens is 6. The molecule has 1 aliphatic rings. The van der Waals surface area contributed by atoms with Crippen LogP contribution in [0.15, 0.2) is 43.0 Å². The van der Waals surface area contributed by atoms with Crippen molar-refractivity contribution in [1.82, 2.24) is 29.3 Å². The molecule has 1 aliphatic heterocycles. The van der Waals surface area contributed by atoms with Crippen LogP contribution in [-0.2, 0) is 16.1 Å². The molecule has 11 nitrogen and oxygen atoms in total. The summed E-state index contributed by atoms with van der Waals surface area (Å²) in [5.74, 6) is 1.65. The summed E-state index contributed by atoms with van der Waals surface area (Å²) in [6, 6.07) is 5.97. The second kappa shape index (κ2) is 9.94. The average Bonchev–Trinajstić information content (AvgIpc) is 3.48. The number of nitrogens with two attached hydrogens (primary N) is 1. The van der Waals surface area contributed by atoms with E-state index < -0.39 is 5.91 Å². The maximum atomic E-state index is 11.3. The number of methoxy groups -OCH3 is 1. The molecule has 1 fully saturated rings. The maximum Gasteiger partial charge on any atom is 0.239 e. The number of fused-ring (bicyclic) bond motifs is 1. The highest BCUT2D eigenvalue weighted by Crippen LogP contribution is 2.33. The minimum Gasteiger partial charge on any atom is -0.381 e. The lowest BCUT2D eigenvalue weighted by Crippen LogP contribution is -2.37. The van der Waals surface area contributed by atoms with Gasteiger partial charge in [0.2, 0.25) is 11.9 Å². The molecule has 0 saturated carbocycles. The molecule has 5 heterocycles. The van der Waals surface area contributed by atoms with Gasteiger partial charge in [-0.2, -0.15) is 10.1 Å². The third-order valence-corrected chi connectivity index (χ3v) is 6.47. The molecule has 0 atom stereocenters. The van der Waals surface area contributed by atoms with Crippen LogP contribution in [0, 0.1) is 0 Å². The Bertz CT molecular complexity index is 1370. The molecule has 0 bridgehead atoms. The number of hydrogen-bond donors (Lipinski definition) is 2. The molecule has 4 aromatic heterocycles. The zero-order chi connectivity index (χ0) is 25.2. The standard InChI is InChI=1S/C25H31N9O2/c1-16(2)34-14-19(20-7-11-33(31-20)15-22(26)35)18-13-28-24(12-21(18)34)29-23-4-8-27-25(30-23)32-9-5-17(36-3)6-10-32/h4,7-8,11-14,16-17H,5-6,9-10,15H2,1-3H3,(H2,26,35)(H,27,28,29,30). The molecule has 3 N–H and O–H groups in total. The monoisotopic (exact) mass is 489 g/mol. The number of amides is 1. The largest absolute Gasteiger partial charge is 0.381 e. The van der Waals surface area contributed by atoms with E-state index in [-0.39, 0.29) is 12.6 Å². The van der Waals surface area contributed by atoms with Gasteiger partial charge < -0.3 is 25.3 Å². The van der Waals surface area contributed by atoms with Gasteiger partial charge in [0.15, 0.2) is 0 Å². The number of anilines is 3.